The van der Waals surface area contributed by atoms with Gasteiger partial charge >= 0.3 is 0 Å². The number of fused-ring (bicyclic) bond motifs is 4. The highest BCUT2D eigenvalue weighted by Crippen LogP contribution is 2.49. The lowest BCUT2D eigenvalue weighted by Gasteiger charge is -2.54. The van der Waals surface area contributed by atoms with Gasteiger partial charge in [0.05, 0.1) is 0 Å². The summed E-state index contributed by atoms with van der Waals surface area (Å²) in [6.45, 7) is 13.2. The number of rotatable bonds is 3. The van der Waals surface area contributed by atoms with Crippen molar-refractivity contribution in [3.8, 4) is 5.75 Å². The first-order chi connectivity index (χ1) is 9.91. The highest BCUT2D eigenvalue weighted by molar-refractivity contribution is 5.44. The minimum absolute atomic E-state index is 0.205. The molecule has 0 amide bonds. The quantitative estimate of drug-likeness (QED) is 0.852. The average molecular weight is 285 g/mol. The molecule has 3 unspecified atom stereocenters. The van der Waals surface area contributed by atoms with Gasteiger partial charge in [-0.25, -0.2) is 0 Å². The summed E-state index contributed by atoms with van der Waals surface area (Å²) in [4.78, 5) is 2.66. The van der Waals surface area contributed by atoms with E-state index in [1.807, 2.05) is 12.1 Å². The SMILES string of the molecule is C=C(C)CCN1CCC2(C)c3cc(O)ccc3CC1C2C. The third-order valence-corrected chi connectivity index (χ3v) is 5.93. The molecule has 1 fully saturated rings. The predicted octanol–water partition coefficient (Wildman–Crippen LogP) is 3.88. The first-order valence-electron chi connectivity index (χ1n) is 8.12. The maximum Gasteiger partial charge on any atom is 0.115 e. The molecule has 2 nitrogen and oxygen atoms in total. The van der Waals surface area contributed by atoms with Crippen LogP contribution in [0.4, 0.5) is 0 Å². The van der Waals surface area contributed by atoms with Crippen molar-refractivity contribution in [2.24, 2.45) is 5.92 Å². The van der Waals surface area contributed by atoms with Crippen molar-refractivity contribution in [1.82, 2.24) is 4.90 Å². The zero-order valence-electron chi connectivity index (χ0n) is 13.5. The van der Waals surface area contributed by atoms with Crippen molar-refractivity contribution in [1.29, 1.82) is 0 Å². The van der Waals surface area contributed by atoms with E-state index in [1.165, 1.54) is 23.1 Å². The molecule has 1 heterocycles. The minimum Gasteiger partial charge on any atom is -0.508 e. The largest absolute Gasteiger partial charge is 0.508 e. The number of benzene rings is 1. The fraction of sp³-hybridized carbons (Fsp3) is 0.579. The first-order valence-corrected chi connectivity index (χ1v) is 8.12. The van der Waals surface area contributed by atoms with Gasteiger partial charge in [0.15, 0.2) is 0 Å². The maximum absolute atomic E-state index is 9.86. The van der Waals surface area contributed by atoms with Crippen molar-refractivity contribution in [3.63, 3.8) is 0 Å². The standard InChI is InChI=1S/C19H27NO/c1-13(2)7-9-20-10-8-19(4)14(3)18(20)11-15-5-6-16(21)12-17(15)19/h5-6,12,14,18,21H,1,7-11H2,2-4H3. The summed E-state index contributed by atoms with van der Waals surface area (Å²) in [5, 5.41) is 9.86. The van der Waals surface area contributed by atoms with Crippen LogP contribution in [0.3, 0.4) is 0 Å². The summed E-state index contributed by atoms with van der Waals surface area (Å²) in [6, 6.07) is 6.60. The molecule has 1 aliphatic carbocycles. The van der Waals surface area contributed by atoms with Gasteiger partial charge in [-0.05, 0) is 67.3 Å². The number of phenols is 1. The van der Waals surface area contributed by atoms with Gasteiger partial charge in [0.2, 0.25) is 0 Å². The zero-order valence-corrected chi connectivity index (χ0v) is 13.5. The minimum atomic E-state index is 0.205. The number of nitrogens with zero attached hydrogens (tertiary/aromatic N) is 1. The number of piperidine rings is 1. The molecule has 0 saturated carbocycles. The van der Waals surface area contributed by atoms with Crippen LogP contribution >= 0.6 is 0 Å². The summed E-state index contributed by atoms with van der Waals surface area (Å²) < 4.78 is 0. The van der Waals surface area contributed by atoms with Crippen LogP contribution in [0.2, 0.25) is 0 Å². The summed E-state index contributed by atoms with van der Waals surface area (Å²) in [5.41, 5.74) is 4.29. The molecule has 2 bridgehead atoms. The van der Waals surface area contributed by atoms with E-state index >= 15 is 0 Å². The Morgan fingerprint density at radius 2 is 2.24 bits per heavy atom. The van der Waals surface area contributed by atoms with Crippen LogP contribution in [0.15, 0.2) is 30.4 Å². The Bertz CT molecular complexity index is 565. The molecule has 0 radical (unpaired) electrons. The van der Waals surface area contributed by atoms with E-state index in [0.717, 1.165) is 25.9 Å². The molecule has 2 aliphatic rings. The van der Waals surface area contributed by atoms with Crippen LogP contribution in [0.1, 0.15) is 44.7 Å². The average Bonchev–Trinajstić information content (AvgIpc) is 2.43. The molecule has 1 aliphatic heterocycles. The highest BCUT2D eigenvalue weighted by Gasteiger charge is 2.48. The van der Waals surface area contributed by atoms with E-state index in [-0.39, 0.29) is 5.41 Å². The monoisotopic (exact) mass is 285 g/mol. The van der Waals surface area contributed by atoms with E-state index in [2.05, 4.69) is 38.3 Å². The van der Waals surface area contributed by atoms with Crippen molar-refractivity contribution in [2.45, 2.75) is 51.5 Å². The molecular weight excluding hydrogens is 258 g/mol. The molecule has 1 aromatic rings. The van der Waals surface area contributed by atoms with Crippen molar-refractivity contribution < 1.29 is 5.11 Å². The molecule has 3 atom stereocenters. The highest BCUT2D eigenvalue weighted by atomic mass is 16.3. The Morgan fingerprint density at radius 1 is 1.48 bits per heavy atom. The molecule has 1 aromatic carbocycles. The number of phenolic OH excluding ortho intramolecular Hbond substituents is 1. The van der Waals surface area contributed by atoms with E-state index in [9.17, 15) is 5.11 Å². The van der Waals surface area contributed by atoms with Gasteiger partial charge in [-0.3, -0.25) is 4.90 Å². The van der Waals surface area contributed by atoms with E-state index < -0.39 is 0 Å². The van der Waals surface area contributed by atoms with Crippen LogP contribution in [-0.2, 0) is 11.8 Å². The van der Waals surface area contributed by atoms with Crippen LogP contribution in [0.5, 0.6) is 5.75 Å². The summed E-state index contributed by atoms with van der Waals surface area (Å²) >= 11 is 0. The lowest BCUT2D eigenvalue weighted by Crippen LogP contribution is -2.58. The van der Waals surface area contributed by atoms with Gasteiger partial charge < -0.3 is 5.11 Å². The lowest BCUT2D eigenvalue weighted by molar-refractivity contribution is 0.0322. The Kier molecular flexibility index (Phi) is 3.61. The van der Waals surface area contributed by atoms with Gasteiger partial charge in [-0.2, -0.15) is 0 Å². The molecule has 21 heavy (non-hydrogen) atoms. The first kappa shape index (κ1) is 14.6. The van der Waals surface area contributed by atoms with E-state index in [1.54, 1.807) is 0 Å². The molecule has 114 valence electrons. The van der Waals surface area contributed by atoms with Gasteiger partial charge in [-0.1, -0.05) is 25.5 Å². The van der Waals surface area contributed by atoms with Gasteiger partial charge in [0.1, 0.15) is 5.75 Å². The van der Waals surface area contributed by atoms with Crippen molar-refractivity contribution in [2.75, 3.05) is 13.1 Å². The molecular formula is C19H27NO. The van der Waals surface area contributed by atoms with Gasteiger partial charge in [0, 0.05) is 12.6 Å². The van der Waals surface area contributed by atoms with Crippen LogP contribution < -0.4 is 0 Å². The number of likely N-dealkylation sites (tertiary alicyclic amines) is 1. The second-order valence-electron chi connectivity index (χ2n) is 7.31. The molecule has 3 rings (SSSR count). The molecule has 1 saturated heterocycles. The smallest absolute Gasteiger partial charge is 0.115 e. The van der Waals surface area contributed by atoms with Crippen molar-refractivity contribution >= 4 is 0 Å². The summed E-state index contributed by atoms with van der Waals surface area (Å²) in [5.74, 6) is 1.04. The van der Waals surface area contributed by atoms with E-state index in [4.69, 9.17) is 0 Å². The predicted molar refractivity (Wildman–Crippen MR) is 87.7 cm³/mol. The number of aromatic hydroxyl groups is 1. The maximum atomic E-state index is 9.86. The number of hydrogen-bond donors (Lipinski definition) is 1. The molecule has 0 aromatic heterocycles. The zero-order chi connectivity index (χ0) is 15.2. The normalized spacial score (nSPS) is 31.8. The third-order valence-electron chi connectivity index (χ3n) is 5.93. The molecule has 0 spiro atoms. The third kappa shape index (κ3) is 2.40. The Morgan fingerprint density at radius 3 is 2.95 bits per heavy atom. The molecule has 2 heteroatoms. The Balaban J connectivity index is 1.92. The van der Waals surface area contributed by atoms with Gasteiger partial charge in [0.25, 0.3) is 0 Å². The molecule has 1 N–H and O–H groups in total. The second kappa shape index (κ2) is 5.17. The second-order valence-corrected chi connectivity index (χ2v) is 7.31. The Labute approximate surface area is 128 Å². The Hall–Kier alpha value is -1.28. The topological polar surface area (TPSA) is 23.5 Å². The van der Waals surface area contributed by atoms with Crippen LogP contribution in [0.25, 0.3) is 0 Å². The van der Waals surface area contributed by atoms with Crippen molar-refractivity contribution in [3.05, 3.63) is 41.5 Å². The van der Waals surface area contributed by atoms with Gasteiger partial charge in [-0.15, -0.1) is 6.58 Å². The van der Waals surface area contributed by atoms with E-state index in [0.29, 0.717) is 17.7 Å². The lowest BCUT2D eigenvalue weighted by atomic mass is 9.59. The summed E-state index contributed by atoms with van der Waals surface area (Å²) in [7, 11) is 0. The van der Waals surface area contributed by atoms with Crippen LogP contribution in [0, 0.1) is 5.92 Å². The van der Waals surface area contributed by atoms with Crippen LogP contribution in [-0.4, -0.2) is 29.1 Å². The fourth-order valence-corrected chi connectivity index (χ4v) is 4.31. The summed E-state index contributed by atoms with van der Waals surface area (Å²) in [6.07, 6.45) is 3.39. The fourth-order valence-electron chi connectivity index (χ4n) is 4.31. The number of hydrogen-bond acceptors (Lipinski definition) is 2.